The Morgan fingerprint density at radius 2 is 2.00 bits per heavy atom. The van der Waals surface area contributed by atoms with Gasteiger partial charge in [-0.15, -0.1) is 0 Å². The predicted molar refractivity (Wildman–Crippen MR) is 57.5 cm³/mol. The van der Waals surface area contributed by atoms with Crippen LogP contribution >= 0.6 is 11.8 Å². The number of carboxylic acid groups (broad SMARTS) is 1. The molecule has 82 valence electrons. The van der Waals surface area contributed by atoms with Gasteiger partial charge in [0.1, 0.15) is 0 Å². The molecule has 14 heavy (non-hydrogen) atoms. The van der Waals surface area contributed by atoms with E-state index in [2.05, 4.69) is 5.32 Å². The standard InChI is InChI=1S/C9H17NO3S/c1-6(4-5-8(11)12)10-9(13)7(2)14-3/h6-7H,4-5H2,1-3H3,(H,10,13)(H,11,12). The maximum absolute atomic E-state index is 11.3. The topological polar surface area (TPSA) is 66.4 Å². The van der Waals surface area contributed by atoms with Crippen LogP contribution in [0.4, 0.5) is 0 Å². The molecule has 0 bridgehead atoms. The first-order valence-electron chi connectivity index (χ1n) is 4.52. The fourth-order valence-corrected chi connectivity index (χ4v) is 1.16. The van der Waals surface area contributed by atoms with Gasteiger partial charge in [0.25, 0.3) is 0 Å². The molecule has 0 radical (unpaired) electrons. The van der Waals surface area contributed by atoms with E-state index in [9.17, 15) is 9.59 Å². The molecule has 0 aromatic heterocycles. The van der Waals surface area contributed by atoms with Gasteiger partial charge in [-0.05, 0) is 26.5 Å². The molecule has 0 aliphatic rings. The number of hydrogen-bond acceptors (Lipinski definition) is 3. The average Bonchev–Trinajstić information content (AvgIpc) is 2.13. The SMILES string of the molecule is CSC(C)C(=O)NC(C)CCC(=O)O. The third kappa shape index (κ3) is 5.85. The molecule has 4 nitrogen and oxygen atoms in total. The quantitative estimate of drug-likeness (QED) is 0.702. The van der Waals surface area contributed by atoms with Crippen LogP contribution in [0.15, 0.2) is 0 Å². The second kappa shape index (κ2) is 6.70. The maximum atomic E-state index is 11.3. The normalized spacial score (nSPS) is 14.5. The number of aliphatic carboxylic acids is 1. The smallest absolute Gasteiger partial charge is 0.303 e. The molecule has 5 heteroatoms. The Morgan fingerprint density at radius 1 is 1.43 bits per heavy atom. The lowest BCUT2D eigenvalue weighted by molar-refractivity contribution is -0.137. The number of amides is 1. The van der Waals surface area contributed by atoms with Crippen LogP contribution in [0.5, 0.6) is 0 Å². The molecule has 0 saturated carbocycles. The molecule has 2 atom stereocenters. The van der Waals surface area contributed by atoms with Gasteiger partial charge in [0.2, 0.25) is 5.91 Å². The van der Waals surface area contributed by atoms with Gasteiger partial charge in [0.15, 0.2) is 0 Å². The molecule has 0 aromatic rings. The van der Waals surface area contributed by atoms with Crippen molar-refractivity contribution in [2.45, 2.75) is 38.0 Å². The number of thioether (sulfide) groups is 1. The van der Waals surface area contributed by atoms with Gasteiger partial charge in [-0.3, -0.25) is 9.59 Å². The minimum Gasteiger partial charge on any atom is -0.481 e. The van der Waals surface area contributed by atoms with E-state index in [0.29, 0.717) is 6.42 Å². The van der Waals surface area contributed by atoms with Crippen LogP contribution in [0.25, 0.3) is 0 Å². The van der Waals surface area contributed by atoms with E-state index in [1.807, 2.05) is 20.1 Å². The molecular formula is C9H17NO3S. The van der Waals surface area contributed by atoms with Crippen molar-refractivity contribution in [3.05, 3.63) is 0 Å². The fourth-order valence-electron chi connectivity index (χ4n) is 0.879. The summed E-state index contributed by atoms with van der Waals surface area (Å²) in [6.07, 6.45) is 2.43. The minimum absolute atomic E-state index is 0.0320. The molecule has 0 saturated heterocycles. The van der Waals surface area contributed by atoms with Gasteiger partial charge in [0.05, 0.1) is 5.25 Å². The van der Waals surface area contributed by atoms with E-state index < -0.39 is 5.97 Å². The molecule has 0 fully saturated rings. The van der Waals surface area contributed by atoms with Gasteiger partial charge in [-0.2, -0.15) is 11.8 Å². The van der Waals surface area contributed by atoms with Crippen molar-refractivity contribution in [2.24, 2.45) is 0 Å². The molecule has 0 spiro atoms. The second-order valence-corrected chi connectivity index (χ2v) is 4.40. The van der Waals surface area contributed by atoms with Crippen LogP contribution in [0.3, 0.4) is 0 Å². The first-order valence-corrected chi connectivity index (χ1v) is 5.81. The number of carboxylic acids is 1. The highest BCUT2D eigenvalue weighted by molar-refractivity contribution is 7.99. The second-order valence-electron chi connectivity index (χ2n) is 3.22. The van der Waals surface area contributed by atoms with Crippen molar-refractivity contribution < 1.29 is 14.7 Å². The Kier molecular flexibility index (Phi) is 6.36. The van der Waals surface area contributed by atoms with Crippen LogP contribution in [-0.2, 0) is 9.59 Å². The summed E-state index contributed by atoms with van der Waals surface area (Å²) in [6.45, 7) is 3.64. The van der Waals surface area contributed by atoms with E-state index in [1.54, 1.807) is 0 Å². The number of hydrogen-bond donors (Lipinski definition) is 2. The Hall–Kier alpha value is -0.710. The van der Waals surface area contributed by atoms with Gasteiger partial charge in [-0.25, -0.2) is 0 Å². The van der Waals surface area contributed by atoms with Crippen molar-refractivity contribution in [3.63, 3.8) is 0 Å². The molecule has 2 N–H and O–H groups in total. The number of nitrogens with one attached hydrogen (secondary N) is 1. The molecule has 0 rings (SSSR count). The third-order valence-electron chi connectivity index (χ3n) is 1.90. The molecule has 2 unspecified atom stereocenters. The van der Waals surface area contributed by atoms with Crippen molar-refractivity contribution in [2.75, 3.05) is 6.26 Å². The van der Waals surface area contributed by atoms with Crippen LogP contribution in [0.1, 0.15) is 26.7 Å². The lowest BCUT2D eigenvalue weighted by Crippen LogP contribution is -2.37. The summed E-state index contributed by atoms with van der Waals surface area (Å²) in [6, 6.07) is -0.0757. The molecular weight excluding hydrogens is 202 g/mol. The summed E-state index contributed by atoms with van der Waals surface area (Å²) in [4.78, 5) is 21.6. The number of carbonyl (C=O) groups is 2. The summed E-state index contributed by atoms with van der Waals surface area (Å²) in [7, 11) is 0. The molecule has 0 aromatic carbocycles. The number of carbonyl (C=O) groups excluding carboxylic acids is 1. The predicted octanol–water partition coefficient (Wildman–Crippen LogP) is 1.11. The molecule has 0 aliphatic carbocycles. The largest absolute Gasteiger partial charge is 0.481 e. The highest BCUT2D eigenvalue weighted by Crippen LogP contribution is 2.06. The van der Waals surface area contributed by atoms with Crippen molar-refractivity contribution in [1.29, 1.82) is 0 Å². The van der Waals surface area contributed by atoms with Gasteiger partial charge >= 0.3 is 5.97 Å². The zero-order chi connectivity index (χ0) is 11.1. The maximum Gasteiger partial charge on any atom is 0.303 e. The summed E-state index contributed by atoms with van der Waals surface area (Å²) in [5.74, 6) is -0.862. The van der Waals surface area contributed by atoms with Crippen LogP contribution in [0.2, 0.25) is 0 Å². The zero-order valence-electron chi connectivity index (χ0n) is 8.74. The minimum atomic E-state index is -0.830. The van der Waals surface area contributed by atoms with Crippen LogP contribution < -0.4 is 5.32 Å². The van der Waals surface area contributed by atoms with Crippen molar-refractivity contribution >= 4 is 23.6 Å². The monoisotopic (exact) mass is 219 g/mol. The average molecular weight is 219 g/mol. The highest BCUT2D eigenvalue weighted by atomic mass is 32.2. The Morgan fingerprint density at radius 3 is 2.43 bits per heavy atom. The third-order valence-corrected chi connectivity index (χ3v) is 2.82. The first-order chi connectivity index (χ1) is 6.47. The first kappa shape index (κ1) is 13.3. The summed E-state index contributed by atoms with van der Waals surface area (Å²) >= 11 is 1.47. The summed E-state index contributed by atoms with van der Waals surface area (Å²) in [5.41, 5.74) is 0. The molecule has 0 heterocycles. The van der Waals surface area contributed by atoms with Gasteiger partial charge < -0.3 is 10.4 Å². The fraction of sp³-hybridized carbons (Fsp3) is 0.778. The Bertz CT molecular complexity index is 208. The van der Waals surface area contributed by atoms with E-state index in [0.717, 1.165) is 0 Å². The van der Waals surface area contributed by atoms with Gasteiger partial charge in [-0.1, -0.05) is 0 Å². The van der Waals surface area contributed by atoms with E-state index in [-0.39, 0.29) is 23.6 Å². The zero-order valence-corrected chi connectivity index (χ0v) is 9.56. The van der Waals surface area contributed by atoms with Crippen molar-refractivity contribution in [1.82, 2.24) is 5.32 Å². The molecule has 1 amide bonds. The highest BCUT2D eigenvalue weighted by Gasteiger charge is 2.14. The Labute approximate surface area is 88.4 Å². The van der Waals surface area contributed by atoms with E-state index in [1.165, 1.54) is 11.8 Å². The van der Waals surface area contributed by atoms with Crippen LogP contribution in [0, 0.1) is 0 Å². The lowest BCUT2D eigenvalue weighted by Gasteiger charge is -2.15. The van der Waals surface area contributed by atoms with E-state index >= 15 is 0 Å². The lowest BCUT2D eigenvalue weighted by atomic mass is 10.2. The number of rotatable bonds is 6. The summed E-state index contributed by atoms with van der Waals surface area (Å²) < 4.78 is 0. The summed E-state index contributed by atoms with van der Waals surface area (Å²) in [5, 5.41) is 11.1. The molecule has 0 aliphatic heterocycles. The van der Waals surface area contributed by atoms with Crippen molar-refractivity contribution in [3.8, 4) is 0 Å². The van der Waals surface area contributed by atoms with Crippen LogP contribution in [-0.4, -0.2) is 34.5 Å². The van der Waals surface area contributed by atoms with Gasteiger partial charge in [0, 0.05) is 12.5 Å². The Balaban J connectivity index is 3.76. The van der Waals surface area contributed by atoms with E-state index in [4.69, 9.17) is 5.11 Å².